The van der Waals surface area contributed by atoms with Crippen molar-refractivity contribution in [1.29, 1.82) is 0 Å². The van der Waals surface area contributed by atoms with E-state index < -0.39 is 0 Å². The number of hydrogen-bond acceptors (Lipinski definition) is 6. The first-order valence-electron chi connectivity index (χ1n) is 9.21. The summed E-state index contributed by atoms with van der Waals surface area (Å²) in [5.41, 5.74) is 1.09. The molecule has 144 valence electrons. The number of anilines is 1. The van der Waals surface area contributed by atoms with E-state index in [1.54, 1.807) is 18.0 Å². The van der Waals surface area contributed by atoms with Crippen molar-refractivity contribution >= 4 is 11.7 Å². The van der Waals surface area contributed by atoms with Crippen molar-refractivity contribution in [3.8, 4) is 11.6 Å². The number of benzene rings is 1. The number of rotatable bonds is 7. The maximum absolute atomic E-state index is 12.4. The van der Waals surface area contributed by atoms with Crippen LogP contribution in [0.3, 0.4) is 0 Å². The molecular formula is C20H22N6O2. The van der Waals surface area contributed by atoms with Crippen LogP contribution in [-0.4, -0.2) is 52.4 Å². The van der Waals surface area contributed by atoms with Crippen molar-refractivity contribution in [2.24, 2.45) is 5.92 Å². The topological polar surface area (TPSA) is 85.2 Å². The number of amides is 1. The van der Waals surface area contributed by atoms with Crippen LogP contribution in [0.4, 0.5) is 5.82 Å². The van der Waals surface area contributed by atoms with Crippen molar-refractivity contribution in [2.75, 3.05) is 31.6 Å². The van der Waals surface area contributed by atoms with Gasteiger partial charge in [0, 0.05) is 38.1 Å². The summed E-state index contributed by atoms with van der Waals surface area (Å²) in [6, 6.07) is 11.6. The SMILES string of the molecule is COc1ccccc1CCNC(=O)C1CN(c2cc(-n3cccn3)ncn2)C1. The number of nitrogens with zero attached hydrogens (tertiary/aromatic N) is 5. The third-order valence-electron chi connectivity index (χ3n) is 4.84. The Morgan fingerprint density at radius 3 is 2.82 bits per heavy atom. The molecule has 1 fully saturated rings. The Balaban J connectivity index is 1.27. The summed E-state index contributed by atoms with van der Waals surface area (Å²) in [6.45, 7) is 1.89. The van der Waals surface area contributed by atoms with Gasteiger partial charge in [-0.2, -0.15) is 5.10 Å². The van der Waals surface area contributed by atoms with E-state index in [2.05, 4.69) is 25.3 Å². The van der Waals surface area contributed by atoms with Crippen LogP contribution < -0.4 is 15.0 Å². The third-order valence-corrected chi connectivity index (χ3v) is 4.84. The molecule has 4 rings (SSSR count). The minimum atomic E-state index is -0.0270. The standard InChI is InChI=1S/C20H22N6O2/c1-28-17-6-3-2-5-15(17)7-9-21-20(27)16-12-25(13-16)18-11-19(23-14-22-18)26-10-4-8-24-26/h2-6,8,10-11,14,16H,7,9,12-13H2,1H3,(H,21,27). The van der Waals surface area contributed by atoms with E-state index >= 15 is 0 Å². The average molecular weight is 378 g/mol. The first kappa shape index (κ1) is 18.0. The van der Waals surface area contributed by atoms with Crippen molar-refractivity contribution in [1.82, 2.24) is 25.1 Å². The second kappa shape index (κ2) is 8.08. The van der Waals surface area contributed by atoms with Crippen LogP contribution in [0.5, 0.6) is 5.75 Å². The third kappa shape index (κ3) is 3.80. The van der Waals surface area contributed by atoms with Crippen molar-refractivity contribution < 1.29 is 9.53 Å². The summed E-state index contributed by atoms with van der Waals surface area (Å²) in [5, 5.41) is 7.20. The fraction of sp³-hybridized carbons (Fsp3) is 0.300. The first-order chi connectivity index (χ1) is 13.7. The largest absolute Gasteiger partial charge is 0.496 e. The van der Waals surface area contributed by atoms with Crippen LogP contribution in [0.15, 0.2) is 55.1 Å². The zero-order valence-corrected chi connectivity index (χ0v) is 15.7. The number of carbonyl (C=O) groups excluding carboxylic acids is 1. The molecule has 3 aromatic rings. The quantitative estimate of drug-likeness (QED) is 0.670. The molecule has 8 nitrogen and oxygen atoms in total. The van der Waals surface area contributed by atoms with Crippen LogP contribution in [0.25, 0.3) is 5.82 Å². The molecule has 0 bridgehead atoms. The molecular weight excluding hydrogens is 356 g/mol. The number of para-hydroxylation sites is 1. The van der Waals surface area contributed by atoms with Gasteiger partial charge in [0.05, 0.1) is 13.0 Å². The van der Waals surface area contributed by atoms with E-state index in [1.807, 2.05) is 42.6 Å². The maximum atomic E-state index is 12.4. The van der Waals surface area contributed by atoms with Crippen LogP contribution in [0, 0.1) is 5.92 Å². The Labute approximate surface area is 163 Å². The average Bonchev–Trinajstić information content (AvgIpc) is 3.22. The van der Waals surface area contributed by atoms with Gasteiger partial charge in [0.2, 0.25) is 5.91 Å². The summed E-state index contributed by atoms with van der Waals surface area (Å²) in [5.74, 6) is 2.41. The summed E-state index contributed by atoms with van der Waals surface area (Å²) in [6.07, 6.45) is 5.80. The molecule has 28 heavy (non-hydrogen) atoms. The predicted molar refractivity (Wildman–Crippen MR) is 105 cm³/mol. The Morgan fingerprint density at radius 1 is 1.21 bits per heavy atom. The lowest BCUT2D eigenvalue weighted by molar-refractivity contribution is -0.125. The van der Waals surface area contributed by atoms with Crippen molar-refractivity contribution in [3.63, 3.8) is 0 Å². The second-order valence-corrected chi connectivity index (χ2v) is 6.64. The van der Waals surface area contributed by atoms with Gasteiger partial charge in [-0.3, -0.25) is 4.79 Å². The van der Waals surface area contributed by atoms with E-state index in [9.17, 15) is 4.79 Å². The molecule has 8 heteroatoms. The lowest BCUT2D eigenvalue weighted by Crippen LogP contribution is -2.54. The highest BCUT2D eigenvalue weighted by Gasteiger charge is 2.33. The highest BCUT2D eigenvalue weighted by molar-refractivity contribution is 5.81. The van der Waals surface area contributed by atoms with Gasteiger partial charge in [0.1, 0.15) is 17.9 Å². The molecule has 1 saturated heterocycles. The van der Waals surface area contributed by atoms with Gasteiger partial charge in [0.25, 0.3) is 0 Å². The zero-order valence-electron chi connectivity index (χ0n) is 15.7. The molecule has 0 radical (unpaired) electrons. The van der Waals surface area contributed by atoms with Gasteiger partial charge in [0.15, 0.2) is 5.82 Å². The number of methoxy groups -OCH3 is 1. The van der Waals surface area contributed by atoms with Crippen LogP contribution in [0.2, 0.25) is 0 Å². The molecule has 1 aliphatic rings. The molecule has 1 aromatic carbocycles. The summed E-state index contributed by atoms with van der Waals surface area (Å²) < 4.78 is 7.03. The van der Waals surface area contributed by atoms with E-state index in [4.69, 9.17) is 4.74 Å². The number of nitrogens with one attached hydrogen (secondary N) is 1. The van der Waals surface area contributed by atoms with Crippen LogP contribution >= 0.6 is 0 Å². The minimum absolute atomic E-state index is 0.0270. The zero-order chi connectivity index (χ0) is 19.3. The maximum Gasteiger partial charge on any atom is 0.226 e. The molecule has 0 aliphatic carbocycles. The fourth-order valence-electron chi connectivity index (χ4n) is 3.25. The number of carbonyl (C=O) groups is 1. The number of aromatic nitrogens is 4. The van der Waals surface area contributed by atoms with Crippen molar-refractivity contribution in [2.45, 2.75) is 6.42 Å². The minimum Gasteiger partial charge on any atom is -0.496 e. The fourth-order valence-corrected chi connectivity index (χ4v) is 3.25. The van der Waals surface area contributed by atoms with E-state index in [0.29, 0.717) is 25.5 Å². The predicted octanol–water partition coefficient (Wildman–Crippen LogP) is 1.47. The van der Waals surface area contributed by atoms with Gasteiger partial charge in [-0.05, 0) is 24.1 Å². The molecule has 2 aromatic heterocycles. The summed E-state index contributed by atoms with van der Waals surface area (Å²) >= 11 is 0. The monoisotopic (exact) mass is 378 g/mol. The van der Waals surface area contributed by atoms with Gasteiger partial charge < -0.3 is 15.0 Å². The van der Waals surface area contributed by atoms with Crippen LogP contribution in [0.1, 0.15) is 5.56 Å². The molecule has 0 spiro atoms. The lowest BCUT2D eigenvalue weighted by atomic mass is 9.99. The van der Waals surface area contributed by atoms with Gasteiger partial charge in [-0.15, -0.1) is 0 Å². The molecule has 0 atom stereocenters. The lowest BCUT2D eigenvalue weighted by Gasteiger charge is -2.39. The van der Waals surface area contributed by atoms with E-state index in [0.717, 1.165) is 23.6 Å². The molecule has 3 heterocycles. The molecule has 0 unspecified atom stereocenters. The van der Waals surface area contributed by atoms with Gasteiger partial charge in [-0.25, -0.2) is 14.6 Å². The highest BCUT2D eigenvalue weighted by atomic mass is 16.5. The summed E-state index contributed by atoms with van der Waals surface area (Å²) in [4.78, 5) is 23.0. The first-order valence-corrected chi connectivity index (χ1v) is 9.21. The Morgan fingerprint density at radius 2 is 2.04 bits per heavy atom. The molecule has 1 aliphatic heterocycles. The van der Waals surface area contributed by atoms with E-state index in [1.165, 1.54) is 6.33 Å². The van der Waals surface area contributed by atoms with Gasteiger partial charge >= 0.3 is 0 Å². The normalized spacial score (nSPS) is 13.8. The van der Waals surface area contributed by atoms with Crippen molar-refractivity contribution in [3.05, 3.63) is 60.7 Å². The molecule has 0 saturated carbocycles. The van der Waals surface area contributed by atoms with Crippen LogP contribution in [-0.2, 0) is 11.2 Å². The van der Waals surface area contributed by atoms with Gasteiger partial charge in [-0.1, -0.05) is 18.2 Å². The molecule has 1 N–H and O–H groups in total. The van der Waals surface area contributed by atoms with E-state index in [-0.39, 0.29) is 11.8 Å². The number of hydrogen-bond donors (Lipinski definition) is 1. The summed E-state index contributed by atoms with van der Waals surface area (Å²) in [7, 11) is 1.66. The smallest absolute Gasteiger partial charge is 0.226 e. The Bertz CT molecular complexity index is 937. The number of ether oxygens (including phenoxy) is 1. The molecule has 1 amide bonds. The Hall–Kier alpha value is -3.42. The second-order valence-electron chi connectivity index (χ2n) is 6.64. The Kier molecular flexibility index (Phi) is 5.18. The highest BCUT2D eigenvalue weighted by Crippen LogP contribution is 2.24.